The highest BCUT2D eigenvalue weighted by atomic mass is 35.5. The Hall–Kier alpha value is -1.69. The maximum Gasteiger partial charge on any atom is 0.341 e. The van der Waals surface area contributed by atoms with Crippen LogP contribution >= 0.6 is 11.6 Å². The molecule has 4 nitrogen and oxygen atoms in total. The molecule has 0 saturated carbocycles. The topological polar surface area (TPSA) is 69.6 Å². The quantitative estimate of drug-likeness (QED) is 0.817. The van der Waals surface area contributed by atoms with Crippen LogP contribution in [-0.4, -0.2) is 28.0 Å². The summed E-state index contributed by atoms with van der Waals surface area (Å²) in [5.41, 5.74) is 1.52. The van der Waals surface area contributed by atoms with Crippen molar-refractivity contribution in [2.24, 2.45) is 0 Å². The van der Waals surface area contributed by atoms with Gasteiger partial charge < -0.3 is 14.4 Å². The molecule has 1 atom stereocenters. The molecule has 2 rings (SSSR count). The fourth-order valence-electron chi connectivity index (χ4n) is 1.97. The van der Waals surface area contributed by atoms with Crippen molar-refractivity contribution in [3.05, 3.63) is 47.5 Å². The largest absolute Gasteiger partial charge is 0.611 e. The van der Waals surface area contributed by atoms with Crippen LogP contribution in [0.5, 0.6) is 5.75 Å². The molecule has 22 heavy (non-hydrogen) atoms. The molecule has 2 aromatic rings. The fraction of sp³-hybridized carbons (Fsp3) is 0.188. The van der Waals surface area contributed by atoms with Crippen LogP contribution in [-0.2, 0) is 16.0 Å². The Morgan fingerprint density at radius 3 is 2.59 bits per heavy atom. The first-order chi connectivity index (χ1) is 10.5. The van der Waals surface area contributed by atoms with Gasteiger partial charge >= 0.3 is 5.97 Å². The van der Waals surface area contributed by atoms with Crippen molar-refractivity contribution in [3.8, 4) is 16.9 Å². The van der Waals surface area contributed by atoms with Gasteiger partial charge in [0.1, 0.15) is 11.5 Å². The summed E-state index contributed by atoms with van der Waals surface area (Å²) >= 11 is 4.97. The van der Waals surface area contributed by atoms with Crippen molar-refractivity contribution < 1.29 is 19.2 Å². The third-order valence-corrected chi connectivity index (χ3v) is 4.75. The number of hydrogen-bond donors (Lipinski definition) is 1. The minimum atomic E-state index is -1.25. The number of ether oxygens (including phenoxy) is 1. The molecule has 2 aromatic carbocycles. The molecular formula is C16H15ClO4S. The molecule has 0 fully saturated rings. The Labute approximate surface area is 136 Å². The van der Waals surface area contributed by atoms with Crippen LogP contribution in [0.25, 0.3) is 11.1 Å². The van der Waals surface area contributed by atoms with Crippen molar-refractivity contribution in [1.82, 2.24) is 0 Å². The van der Waals surface area contributed by atoms with Crippen LogP contribution in [0.2, 0.25) is 5.02 Å². The molecule has 0 saturated heterocycles. The molecule has 1 unspecified atom stereocenters. The van der Waals surface area contributed by atoms with E-state index in [-0.39, 0.29) is 0 Å². The molecule has 0 amide bonds. The predicted octanol–water partition coefficient (Wildman–Crippen LogP) is 3.60. The number of carbonyl (C=O) groups is 1. The zero-order valence-electron chi connectivity index (χ0n) is 11.9. The number of aliphatic carboxylic acids is 1. The summed E-state index contributed by atoms with van der Waals surface area (Å²) < 4.78 is 17.4. The summed E-state index contributed by atoms with van der Waals surface area (Å²) in [5.74, 6) is -0.301. The van der Waals surface area contributed by atoms with Gasteiger partial charge in [0, 0.05) is 11.6 Å². The molecule has 6 heteroatoms. The lowest BCUT2D eigenvalue weighted by molar-refractivity contribution is -0.139. The Balaban J connectivity index is 2.51. The highest BCUT2D eigenvalue weighted by Gasteiger charge is 2.19. The first-order valence-electron chi connectivity index (χ1n) is 6.65. The number of benzene rings is 2. The van der Waals surface area contributed by atoms with E-state index in [4.69, 9.17) is 21.4 Å². The molecule has 0 aliphatic rings. The lowest BCUT2D eigenvalue weighted by Gasteiger charge is -2.15. The highest BCUT2D eigenvalue weighted by Crippen LogP contribution is 2.37. The van der Waals surface area contributed by atoms with Crippen LogP contribution < -0.4 is 4.74 Å². The molecule has 0 aliphatic heterocycles. The van der Waals surface area contributed by atoms with E-state index in [1.165, 1.54) is 0 Å². The first kappa shape index (κ1) is 16.7. The molecule has 0 aliphatic carbocycles. The predicted molar refractivity (Wildman–Crippen MR) is 87.0 cm³/mol. The van der Waals surface area contributed by atoms with E-state index in [2.05, 4.69) is 0 Å². The fourth-order valence-corrected chi connectivity index (χ4v) is 3.21. The van der Waals surface area contributed by atoms with Gasteiger partial charge in [-0.2, -0.15) is 0 Å². The Morgan fingerprint density at radius 2 is 2.00 bits per heavy atom. The second-order valence-corrected chi connectivity index (χ2v) is 6.58. The molecular weight excluding hydrogens is 324 g/mol. The summed E-state index contributed by atoms with van der Waals surface area (Å²) in [7, 11) is 0. The number of rotatable bonds is 6. The molecule has 0 aromatic heterocycles. The van der Waals surface area contributed by atoms with Crippen molar-refractivity contribution in [2.45, 2.75) is 11.8 Å². The number of carboxylic acid groups (broad SMARTS) is 1. The lowest BCUT2D eigenvalue weighted by Crippen LogP contribution is -2.11. The van der Waals surface area contributed by atoms with Gasteiger partial charge in [-0.3, -0.25) is 0 Å². The average Bonchev–Trinajstić information content (AvgIpc) is 2.53. The lowest BCUT2D eigenvalue weighted by atomic mass is 10.0. The van der Waals surface area contributed by atoms with Crippen LogP contribution in [0.4, 0.5) is 0 Å². The van der Waals surface area contributed by atoms with Crippen molar-refractivity contribution in [2.75, 3.05) is 12.4 Å². The van der Waals surface area contributed by atoms with Crippen molar-refractivity contribution in [1.29, 1.82) is 0 Å². The Morgan fingerprint density at radius 1 is 1.32 bits per heavy atom. The molecule has 1 N–H and O–H groups in total. The Kier molecular flexibility index (Phi) is 5.71. The van der Waals surface area contributed by atoms with Crippen LogP contribution in [0.3, 0.4) is 0 Å². The van der Waals surface area contributed by atoms with Crippen LogP contribution in [0, 0.1) is 0 Å². The summed E-state index contributed by atoms with van der Waals surface area (Å²) in [6.07, 6.45) is 0. The van der Waals surface area contributed by atoms with Gasteiger partial charge in [0.2, 0.25) is 0 Å². The van der Waals surface area contributed by atoms with E-state index in [9.17, 15) is 9.35 Å². The Bertz CT molecular complexity index is 661. The van der Waals surface area contributed by atoms with E-state index in [1.807, 2.05) is 30.3 Å². The van der Waals surface area contributed by atoms with E-state index < -0.39 is 23.8 Å². The van der Waals surface area contributed by atoms with Gasteiger partial charge in [-0.1, -0.05) is 41.9 Å². The monoisotopic (exact) mass is 338 g/mol. The van der Waals surface area contributed by atoms with Crippen LogP contribution in [0.1, 0.15) is 6.92 Å². The van der Waals surface area contributed by atoms with Gasteiger partial charge in [-0.05, 0) is 29.7 Å². The molecule has 0 spiro atoms. The smallest absolute Gasteiger partial charge is 0.341 e. The van der Waals surface area contributed by atoms with E-state index in [0.29, 0.717) is 27.0 Å². The number of hydrogen-bond acceptors (Lipinski definition) is 3. The maximum atomic E-state index is 12.0. The molecule has 0 bridgehead atoms. The molecule has 116 valence electrons. The highest BCUT2D eigenvalue weighted by molar-refractivity contribution is 7.91. The second-order valence-electron chi connectivity index (χ2n) is 4.46. The summed E-state index contributed by atoms with van der Waals surface area (Å²) in [4.78, 5) is 11.2. The third-order valence-electron chi connectivity index (χ3n) is 2.98. The summed E-state index contributed by atoms with van der Waals surface area (Å²) in [5, 5.41) is 9.18. The third kappa shape index (κ3) is 3.94. The minimum absolute atomic E-state index is 0.356. The summed E-state index contributed by atoms with van der Waals surface area (Å²) in [6.45, 7) is 1.31. The zero-order chi connectivity index (χ0) is 16.1. The minimum Gasteiger partial charge on any atom is -0.611 e. The maximum absolute atomic E-state index is 12.0. The standard InChI is InChI=1S/C16H15ClO4S/c1-2-22(20)15-9-14(21-10-16(18)19)12(8-13(15)17)11-6-4-3-5-7-11/h3-9H,2,10H2,1H3,(H,18,19). The van der Waals surface area contributed by atoms with E-state index >= 15 is 0 Å². The first-order valence-corrected chi connectivity index (χ1v) is 8.34. The average molecular weight is 339 g/mol. The van der Waals surface area contributed by atoms with Crippen molar-refractivity contribution in [3.63, 3.8) is 0 Å². The van der Waals surface area contributed by atoms with E-state index in [0.717, 1.165) is 5.56 Å². The van der Waals surface area contributed by atoms with E-state index in [1.54, 1.807) is 19.1 Å². The molecule has 0 heterocycles. The number of carboxylic acids is 1. The number of halogens is 1. The normalized spacial score (nSPS) is 12.0. The van der Waals surface area contributed by atoms with Crippen molar-refractivity contribution >= 4 is 28.7 Å². The van der Waals surface area contributed by atoms with Gasteiger partial charge in [-0.15, -0.1) is 0 Å². The van der Waals surface area contributed by atoms with Gasteiger partial charge in [0.05, 0.1) is 5.02 Å². The van der Waals surface area contributed by atoms with Gasteiger partial charge in [0.25, 0.3) is 0 Å². The zero-order valence-corrected chi connectivity index (χ0v) is 13.5. The van der Waals surface area contributed by atoms with Gasteiger partial charge in [0.15, 0.2) is 11.5 Å². The van der Waals surface area contributed by atoms with Gasteiger partial charge in [-0.25, -0.2) is 4.79 Å². The molecule has 0 radical (unpaired) electrons. The SMILES string of the molecule is CC[S+]([O-])c1cc(OCC(=O)O)c(-c2ccccc2)cc1Cl. The second kappa shape index (κ2) is 7.54. The van der Waals surface area contributed by atoms with Crippen LogP contribution in [0.15, 0.2) is 47.4 Å². The summed E-state index contributed by atoms with van der Waals surface area (Å²) in [6, 6.07) is 12.6.